The fourth-order valence-electron chi connectivity index (χ4n) is 4.03. The van der Waals surface area contributed by atoms with E-state index in [-0.39, 0.29) is 11.9 Å². The van der Waals surface area contributed by atoms with Gasteiger partial charge in [0.25, 0.3) is 5.91 Å². The SMILES string of the molecule is COC(=O)N1CCC[C@@H]1c1nc(-c2ccc(C)c(NC(=O)c3cnc4ccccn34)c2)no1. The number of nitrogens with one attached hydrogen (secondary N) is 1. The molecule has 3 aromatic heterocycles. The third-order valence-corrected chi connectivity index (χ3v) is 5.78. The first-order chi connectivity index (χ1) is 16.0. The number of likely N-dealkylation sites (tertiary alicyclic amines) is 1. The first-order valence-corrected chi connectivity index (χ1v) is 10.6. The Kier molecular flexibility index (Phi) is 5.25. The Balaban J connectivity index is 1.39. The van der Waals surface area contributed by atoms with Crippen molar-refractivity contribution < 1.29 is 18.8 Å². The number of carbonyl (C=O) groups excluding carboxylic acids is 2. The van der Waals surface area contributed by atoms with Gasteiger partial charge in [0.15, 0.2) is 0 Å². The van der Waals surface area contributed by atoms with E-state index >= 15 is 0 Å². The van der Waals surface area contributed by atoms with E-state index in [0.29, 0.717) is 40.9 Å². The van der Waals surface area contributed by atoms with Gasteiger partial charge in [0, 0.05) is 24.0 Å². The van der Waals surface area contributed by atoms with Crippen LogP contribution in [0.2, 0.25) is 0 Å². The molecule has 33 heavy (non-hydrogen) atoms. The second-order valence-corrected chi connectivity index (χ2v) is 7.83. The Bertz CT molecular complexity index is 1340. The van der Waals surface area contributed by atoms with Crippen molar-refractivity contribution in [2.45, 2.75) is 25.8 Å². The van der Waals surface area contributed by atoms with Gasteiger partial charge in [0.2, 0.25) is 11.7 Å². The van der Waals surface area contributed by atoms with E-state index in [2.05, 4.69) is 20.4 Å². The van der Waals surface area contributed by atoms with E-state index in [0.717, 1.165) is 18.4 Å². The summed E-state index contributed by atoms with van der Waals surface area (Å²) >= 11 is 0. The summed E-state index contributed by atoms with van der Waals surface area (Å²) < 4.78 is 12.1. The molecule has 1 atom stereocenters. The average molecular weight is 446 g/mol. The van der Waals surface area contributed by atoms with Crippen molar-refractivity contribution in [1.29, 1.82) is 0 Å². The van der Waals surface area contributed by atoms with Crippen molar-refractivity contribution in [3.8, 4) is 11.4 Å². The van der Waals surface area contributed by atoms with Crippen LogP contribution in [0.1, 0.15) is 40.8 Å². The lowest BCUT2D eigenvalue weighted by Crippen LogP contribution is -2.30. The first kappa shape index (κ1) is 20.7. The van der Waals surface area contributed by atoms with Gasteiger partial charge in [-0.1, -0.05) is 23.4 Å². The zero-order valence-corrected chi connectivity index (χ0v) is 18.2. The van der Waals surface area contributed by atoms with E-state index in [4.69, 9.17) is 9.26 Å². The summed E-state index contributed by atoms with van der Waals surface area (Å²) in [5.41, 5.74) is 3.33. The van der Waals surface area contributed by atoms with Gasteiger partial charge in [0.1, 0.15) is 17.4 Å². The van der Waals surface area contributed by atoms with E-state index in [9.17, 15) is 9.59 Å². The number of anilines is 1. The fourth-order valence-corrected chi connectivity index (χ4v) is 4.03. The maximum atomic E-state index is 12.9. The van der Waals surface area contributed by atoms with Crippen molar-refractivity contribution in [2.24, 2.45) is 0 Å². The predicted molar refractivity (Wildman–Crippen MR) is 119 cm³/mol. The molecule has 1 aliphatic heterocycles. The Morgan fingerprint density at radius 1 is 1.24 bits per heavy atom. The number of ether oxygens (including phenoxy) is 1. The van der Waals surface area contributed by atoms with Crippen LogP contribution in [0.4, 0.5) is 10.5 Å². The van der Waals surface area contributed by atoms with Crippen LogP contribution in [0.15, 0.2) is 53.3 Å². The molecular formula is C23H22N6O4. The van der Waals surface area contributed by atoms with E-state index in [1.165, 1.54) is 7.11 Å². The average Bonchev–Trinajstić information content (AvgIpc) is 3.58. The molecule has 1 saturated heterocycles. The summed E-state index contributed by atoms with van der Waals surface area (Å²) in [6, 6.07) is 10.8. The van der Waals surface area contributed by atoms with Crippen molar-refractivity contribution in [3.63, 3.8) is 0 Å². The number of carbonyl (C=O) groups is 2. The number of fused-ring (bicyclic) bond motifs is 1. The maximum absolute atomic E-state index is 12.9. The fraction of sp³-hybridized carbons (Fsp3) is 0.261. The molecule has 0 unspecified atom stereocenters. The minimum Gasteiger partial charge on any atom is -0.453 e. The monoisotopic (exact) mass is 446 g/mol. The van der Waals surface area contributed by atoms with Gasteiger partial charge < -0.3 is 14.6 Å². The molecule has 4 aromatic rings. The standard InChI is InChI=1S/C23H22N6O4/c1-14-8-9-15(20-26-22(33-27-20)17-6-5-11-29(17)23(31)32-2)12-16(14)25-21(30)18-13-24-19-7-3-4-10-28(18)19/h3-4,7-10,12-13,17H,5-6,11H2,1-2H3,(H,25,30)/t17-/m1/s1. The Morgan fingerprint density at radius 3 is 2.97 bits per heavy atom. The number of imidazole rings is 1. The van der Waals surface area contributed by atoms with Crippen LogP contribution in [0.3, 0.4) is 0 Å². The highest BCUT2D eigenvalue weighted by Crippen LogP contribution is 2.33. The normalized spacial score (nSPS) is 15.7. The van der Waals surface area contributed by atoms with Gasteiger partial charge >= 0.3 is 6.09 Å². The molecule has 10 nitrogen and oxygen atoms in total. The van der Waals surface area contributed by atoms with Gasteiger partial charge in [-0.3, -0.25) is 14.1 Å². The van der Waals surface area contributed by atoms with Gasteiger partial charge in [-0.15, -0.1) is 0 Å². The number of pyridine rings is 1. The molecule has 2 amide bonds. The molecule has 0 saturated carbocycles. The Labute approximate surface area is 189 Å². The number of nitrogens with zero attached hydrogens (tertiary/aromatic N) is 5. The van der Waals surface area contributed by atoms with Crippen LogP contribution < -0.4 is 5.32 Å². The Morgan fingerprint density at radius 2 is 2.12 bits per heavy atom. The molecule has 0 radical (unpaired) electrons. The van der Waals surface area contributed by atoms with Gasteiger partial charge in [-0.05, 0) is 43.5 Å². The molecule has 0 spiro atoms. The summed E-state index contributed by atoms with van der Waals surface area (Å²) in [6.07, 6.45) is 4.49. The quantitative estimate of drug-likeness (QED) is 0.506. The minimum absolute atomic E-state index is 0.276. The molecule has 0 aliphatic carbocycles. The molecule has 10 heteroatoms. The third-order valence-electron chi connectivity index (χ3n) is 5.78. The topological polar surface area (TPSA) is 115 Å². The van der Waals surface area contributed by atoms with Crippen LogP contribution in [0.5, 0.6) is 0 Å². The Hall–Kier alpha value is -4.21. The number of aromatic nitrogens is 4. The lowest BCUT2D eigenvalue weighted by atomic mass is 10.1. The minimum atomic E-state index is -0.412. The van der Waals surface area contributed by atoms with E-state index < -0.39 is 6.09 Å². The molecule has 1 N–H and O–H groups in total. The molecule has 5 rings (SSSR count). The number of hydrogen-bond donors (Lipinski definition) is 1. The highest BCUT2D eigenvalue weighted by atomic mass is 16.5. The number of methoxy groups -OCH3 is 1. The number of hydrogen-bond acceptors (Lipinski definition) is 7. The lowest BCUT2D eigenvalue weighted by Gasteiger charge is -2.19. The second kappa shape index (κ2) is 8.38. The van der Waals surface area contributed by atoms with Crippen LogP contribution in [-0.2, 0) is 4.74 Å². The third kappa shape index (κ3) is 3.79. The van der Waals surface area contributed by atoms with Crippen LogP contribution in [-0.4, -0.2) is 50.1 Å². The first-order valence-electron chi connectivity index (χ1n) is 10.6. The van der Waals surface area contributed by atoms with Crippen LogP contribution in [0, 0.1) is 6.92 Å². The zero-order valence-electron chi connectivity index (χ0n) is 18.2. The second-order valence-electron chi connectivity index (χ2n) is 7.83. The predicted octanol–water partition coefficient (Wildman–Crippen LogP) is 3.85. The van der Waals surface area contributed by atoms with E-state index in [1.807, 2.05) is 37.3 Å². The summed E-state index contributed by atoms with van der Waals surface area (Å²) in [6.45, 7) is 2.49. The number of amides is 2. The molecule has 1 aliphatic rings. The van der Waals surface area contributed by atoms with Crippen molar-refractivity contribution in [1.82, 2.24) is 24.4 Å². The molecule has 168 valence electrons. The van der Waals surface area contributed by atoms with Gasteiger partial charge in [-0.25, -0.2) is 9.78 Å². The van der Waals surface area contributed by atoms with Crippen molar-refractivity contribution >= 4 is 23.3 Å². The van der Waals surface area contributed by atoms with Crippen molar-refractivity contribution in [2.75, 3.05) is 19.0 Å². The van der Waals surface area contributed by atoms with Crippen LogP contribution in [0.25, 0.3) is 17.0 Å². The number of benzene rings is 1. The molecule has 1 fully saturated rings. The van der Waals surface area contributed by atoms with Gasteiger partial charge in [-0.2, -0.15) is 4.98 Å². The lowest BCUT2D eigenvalue weighted by molar-refractivity contribution is 0.102. The number of rotatable bonds is 4. The summed E-state index contributed by atoms with van der Waals surface area (Å²) in [4.78, 5) is 35.3. The van der Waals surface area contributed by atoms with Crippen LogP contribution >= 0.6 is 0 Å². The molecule has 4 heterocycles. The van der Waals surface area contributed by atoms with Gasteiger partial charge in [0.05, 0.1) is 13.3 Å². The molecular weight excluding hydrogens is 424 g/mol. The number of aryl methyl sites for hydroxylation is 1. The van der Waals surface area contributed by atoms with Crippen molar-refractivity contribution in [3.05, 3.63) is 65.9 Å². The molecule has 0 bridgehead atoms. The summed E-state index contributed by atoms with van der Waals surface area (Å²) in [7, 11) is 1.35. The smallest absolute Gasteiger partial charge is 0.410 e. The highest BCUT2D eigenvalue weighted by molar-refractivity contribution is 6.04. The largest absolute Gasteiger partial charge is 0.453 e. The highest BCUT2D eigenvalue weighted by Gasteiger charge is 2.34. The van der Waals surface area contributed by atoms with E-state index in [1.54, 1.807) is 27.8 Å². The summed E-state index contributed by atoms with van der Waals surface area (Å²) in [5.74, 6) is 0.472. The molecule has 1 aromatic carbocycles. The summed E-state index contributed by atoms with van der Waals surface area (Å²) in [5, 5.41) is 7.05. The maximum Gasteiger partial charge on any atom is 0.410 e. The zero-order chi connectivity index (χ0) is 22.9.